The minimum atomic E-state index is -4.55. The molecule has 5 aromatic rings. The molecule has 0 spiro atoms. The number of rotatable bonds is 5. The summed E-state index contributed by atoms with van der Waals surface area (Å²) in [5.41, 5.74) is 13.2. The van der Waals surface area contributed by atoms with Crippen LogP contribution < -0.4 is 27.0 Å². The molecule has 3 amide bonds. The van der Waals surface area contributed by atoms with E-state index >= 15 is 0 Å². The van der Waals surface area contributed by atoms with Crippen LogP contribution in [-0.4, -0.2) is 45.4 Å². The van der Waals surface area contributed by atoms with Crippen LogP contribution >= 0.6 is 0 Å². The molecule has 1 saturated heterocycles. The highest BCUT2D eigenvalue weighted by Gasteiger charge is 2.32. The molecule has 6 N–H and O–H groups in total. The molecule has 0 unspecified atom stereocenters. The maximum Gasteiger partial charge on any atom is 0.416 e. The predicted molar refractivity (Wildman–Crippen MR) is 162 cm³/mol. The monoisotopic (exact) mass is 602 g/mol. The minimum Gasteiger partial charge on any atom is -0.382 e. The molecule has 1 aliphatic heterocycles. The van der Waals surface area contributed by atoms with Crippen LogP contribution in [0.15, 0.2) is 66.9 Å². The van der Waals surface area contributed by atoms with Gasteiger partial charge in [-0.15, -0.1) is 0 Å². The number of primary amides is 1. The van der Waals surface area contributed by atoms with Gasteiger partial charge in [0, 0.05) is 23.2 Å². The number of halogens is 3. The summed E-state index contributed by atoms with van der Waals surface area (Å²) in [6.45, 7) is 3.05. The third kappa shape index (κ3) is 5.15. The normalized spacial score (nSPS) is 15.4. The standard InChI is InChI=1S/C31H29F3N8O2/c1-17-39-26(25-16-38-28(35)27(29(36)43)41(17)25)23-11-12-24(22-10-3-2-9-21(22)23)42(20-8-5-13-37-15-20)30(44)40-19-7-4-6-18(14-19)31(32,33)34/h2-4,6-7,9-12,14,16,20,37H,5,8,13,15,35H2,1H3,(H2,36,43)(H,40,44)/t20-/m1/s1. The Kier molecular flexibility index (Phi) is 7.33. The fourth-order valence-electron chi connectivity index (χ4n) is 5.87. The first-order chi connectivity index (χ1) is 21.0. The first-order valence-corrected chi connectivity index (χ1v) is 14.0. The van der Waals surface area contributed by atoms with E-state index in [0.717, 1.165) is 41.4 Å². The number of fused-ring (bicyclic) bond motifs is 2. The third-order valence-corrected chi connectivity index (χ3v) is 7.82. The number of anilines is 3. The van der Waals surface area contributed by atoms with Crippen molar-refractivity contribution in [2.24, 2.45) is 5.73 Å². The molecular formula is C31H29F3N8O2. The fraction of sp³-hybridized carbons (Fsp3) is 0.226. The summed E-state index contributed by atoms with van der Waals surface area (Å²) in [6.07, 6.45) is -1.49. The number of nitrogen functional groups attached to an aromatic ring is 1. The third-order valence-electron chi connectivity index (χ3n) is 7.82. The molecule has 1 aliphatic rings. The van der Waals surface area contributed by atoms with Crippen molar-refractivity contribution in [3.05, 3.63) is 83.9 Å². The largest absolute Gasteiger partial charge is 0.416 e. The molecule has 1 atom stereocenters. The number of amides is 3. The smallest absolute Gasteiger partial charge is 0.382 e. The van der Waals surface area contributed by atoms with Crippen molar-refractivity contribution in [3.8, 4) is 11.3 Å². The van der Waals surface area contributed by atoms with E-state index in [-0.39, 0.29) is 23.2 Å². The fourth-order valence-corrected chi connectivity index (χ4v) is 5.87. The van der Waals surface area contributed by atoms with E-state index in [9.17, 15) is 22.8 Å². The van der Waals surface area contributed by atoms with Gasteiger partial charge in [0.1, 0.15) is 5.82 Å². The van der Waals surface area contributed by atoms with E-state index in [2.05, 4.69) is 15.6 Å². The predicted octanol–water partition coefficient (Wildman–Crippen LogP) is 5.35. The number of urea groups is 1. The maximum absolute atomic E-state index is 13.9. The zero-order valence-corrected chi connectivity index (χ0v) is 23.7. The van der Waals surface area contributed by atoms with Crippen LogP contribution in [0, 0.1) is 6.92 Å². The van der Waals surface area contributed by atoms with Crippen molar-refractivity contribution in [2.45, 2.75) is 32.0 Å². The van der Waals surface area contributed by atoms with E-state index in [1.54, 1.807) is 22.3 Å². The van der Waals surface area contributed by atoms with Crippen molar-refractivity contribution >= 4 is 45.4 Å². The molecule has 0 bridgehead atoms. The van der Waals surface area contributed by atoms with Crippen molar-refractivity contribution in [3.63, 3.8) is 0 Å². The lowest BCUT2D eigenvalue weighted by atomic mass is 9.98. The van der Waals surface area contributed by atoms with Gasteiger partial charge in [0.25, 0.3) is 5.91 Å². The second-order valence-electron chi connectivity index (χ2n) is 10.6. The van der Waals surface area contributed by atoms with E-state index in [1.165, 1.54) is 18.3 Å². The van der Waals surface area contributed by atoms with Crippen LogP contribution in [-0.2, 0) is 6.18 Å². The molecule has 0 aliphatic carbocycles. The number of aromatic nitrogens is 3. The van der Waals surface area contributed by atoms with E-state index in [0.29, 0.717) is 35.7 Å². The number of nitrogens with two attached hydrogens (primary N) is 2. The zero-order chi connectivity index (χ0) is 31.2. The van der Waals surface area contributed by atoms with E-state index < -0.39 is 23.7 Å². The Morgan fingerprint density at radius 3 is 2.57 bits per heavy atom. The second kappa shape index (κ2) is 11.2. The van der Waals surface area contributed by atoms with Gasteiger partial charge in [-0.1, -0.05) is 36.4 Å². The van der Waals surface area contributed by atoms with Crippen molar-refractivity contribution in [1.82, 2.24) is 19.7 Å². The van der Waals surface area contributed by atoms with Gasteiger partial charge < -0.3 is 22.1 Å². The summed E-state index contributed by atoms with van der Waals surface area (Å²) in [5.74, 6) is -0.265. The highest BCUT2D eigenvalue weighted by molar-refractivity contribution is 6.12. The van der Waals surface area contributed by atoms with Crippen LogP contribution in [0.2, 0.25) is 0 Å². The molecule has 13 heteroatoms. The highest BCUT2D eigenvalue weighted by Crippen LogP contribution is 2.38. The number of aryl methyl sites for hydroxylation is 1. The summed E-state index contributed by atoms with van der Waals surface area (Å²) in [7, 11) is 0. The van der Waals surface area contributed by atoms with Crippen LogP contribution in [0.5, 0.6) is 0 Å². The van der Waals surface area contributed by atoms with Gasteiger partial charge in [-0.2, -0.15) is 13.2 Å². The summed E-state index contributed by atoms with van der Waals surface area (Å²) in [4.78, 5) is 36.7. The molecule has 10 nitrogen and oxygen atoms in total. The lowest BCUT2D eigenvalue weighted by Crippen LogP contribution is -2.50. The molecule has 3 heterocycles. The number of piperidine rings is 1. The molecule has 0 radical (unpaired) electrons. The van der Waals surface area contributed by atoms with Crippen LogP contribution in [0.3, 0.4) is 0 Å². The van der Waals surface area contributed by atoms with Gasteiger partial charge in [-0.05, 0) is 56.0 Å². The Balaban J connectivity index is 1.48. The summed E-state index contributed by atoms with van der Waals surface area (Å²) in [6, 6.07) is 14.9. The van der Waals surface area contributed by atoms with Gasteiger partial charge in [-0.3, -0.25) is 14.1 Å². The summed E-state index contributed by atoms with van der Waals surface area (Å²) >= 11 is 0. The van der Waals surface area contributed by atoms with Crippen LogP contribution in [0.1, 0.15) is 34.7 Å². The lowest BCUT2D eigenvalue weighted by Gasteiger charge is -2.35. The van der Waals surface area contributed by atoms with Crippen molar-refractivity contribution < 1.29 is 22.8 Å². The topological polar surface area (TPSA) is 144 Å². The van der Waals surface area contributed by atoms with Gasteiger partial charge >= 0.3 is 12.2 Å². The number of nitrogens with one attached hydrogen (secondary N) is 2. The molecule has 226 valence electrons. The van der Waals surface area contributed by atoms with Crippen LogP contribution in [0.25, 0.3) is 27.5 Å². The number of carbonyl (C=O) groups is 2. The number of imidazole rings is 1. The van der Waals surface area contributed by atoms with Crippen molar-refractivity contribution in [1.29, 1.82) is 0 Å². The number of hydrogen-bond donors (Lipinski definition) is 4. The number of alkyl halides is 3. The molecule has 2 aromatic heterocycles. The summed E-state index contributed by atoms with van der Waals surface area (Å²) in [5, 5.41) is 7.51. The summed E-state index contributed by atoms with van der Waals surface area (Å²) < 4.78 is 41.7. The van der Waals surface area contributed by atoms with Gasteiger partial charge in [0.2, 0.25) is 0 Å². The first kappa shape index (κ1) is 28.9. The Labute approximate surface area is 249 Å². The number of hydrogen-bond acceptors (Lipinski definition) is 6. The number of nitrogens with zero attached hydrogens (tertiary/aromatic N) is 4. The first-order valence-electron chi connectivity index (χ1n) is 14.0. The highest BCUT2D eigenvalue weighted by atomic mass is 19.4. The van der Waals surface area contributed by atoms with Crippen LogP contribution in [0.4, 0.5) is 35.2 Å². The molecule has 6 rings (SSSR count). The number of carbonyl (C=O) groups excluding carboxylic acids is 2. The van der Waals surface area contributed by atoms with Crippen molar-refractivity contribution in [2.75, 3.05) is 29.0 Å². The average molecular weight is 603 g/mol. The van der Waals surface area contributed by atoms with E-state index in [4.69, 9.17) is 16.5 Å². The Morgan fingerprint density at radius 1 is 1.09 bits per heavy atom. The average Bonchev–Trinajstić information content (AvgIpc) is 3.33. The van der Waals surface area contributed by atoms with E-state index in [1.807, 2.05) is 30.3 Å². The van der Waals surface area contributed by atoms with Gasteiger partial charge in [-0.25, -0.2) is 14.8 Å². The Bertz CT molecular complexity index is 1910. The minimum absolute atomic E-state index is 0.0132. The lowest BCUT2D eigenvalue weighted by molar-refractivity contribution is -0.137. The quantitative estimate of drug-likeness (QED) is 0.214. The maximum atomic E-state index is 13.9. The van der Waals surface area contributed by atoms with Gasteiger partial charge in [0.05, 0.1) is 34.7 Å². The zero-order valence-electron chi connectivity index (χ0n) is 23.7. The Hall–Kier alpha value is -5.17. The molecule has 0 saturated carbocycles. The molecule has 3 aromatic carbocycles. The number of benzene rings is 3. The second-order valence-corrected chi connectivity index (χ2v) is 10.6. The molecular weight excluding hydrogens is 573 g/mol. The molecule has 44 heavy (non-hydrogen) atoms. The SMILES string of the molecule is Cc1nc(-c2ccc(N(C(=O)Nc3cccc(C(F)(F)F)c3)[C@@H]3CCCNC3)c3ccccc23)c2cnc(N)c(C(N)=O)n12. The molecule has 1 fully saturated rings. The Morgan fingerprint density at radius 2 is 1.86 bits per heavy atom. The van der Waals surface area contributed by atoms with Gasteiger partial charge in [0.15, 0.2) is 11.5 Å².